The van der Waals surface area contributed by atoms with Crippen molar-refractivity contribution in [3.8, 4) is 0 Å². The zero-order valence-electron chi connectivity index (χ0n) is 12.1. The molecule has 1 aliphatic heterocycles. The summed E-state index contributed by atoms with van der Waals surface area (Å²) in [5, 5.41) is 5.35. The van der Waals surface area contributed by atoms with Gasteiger partial charge in [-0.15, -0.1) is 0 Å². The molecule has 110 valence electrons. The first kappa shape index (κ1) is 13.4. The van der Waals surface area contributed by atoms with Gasteiger partial charge in [-0.1, -0.05) is 11.6 Å². The van der Waals surface area contributed by atoms with Crippen molar-refractivity contribution in [3.05, 3.63) is 35.4 Å². The Morgan fingerprint density at radius 2 is 2.10 bits per heavy atom. The largest absolute Gasteiger partial charge is 0.370 e. The van der Waals surface area contributed by atoms with Gasteiger partial charge in [-0.3, -0.25) is 0 Å². The smallest absolute Gasteiger partial charge is 0.126 e. The predicted molar refractivity (Wildman–Crippen MR) is 87.9 cm³/mol. The third kappa shape index (κ3) is 2.99. The Morgan fingerprint density at radius 3 is 2.95 bits per heavy atom. The Kier molecular flexibility index (Phi) is 3.48. The molecule has 2 aliphatic rings. The SMILES string of the molecule is Clc1ccc2nc(NC[C@@H]3CCN(C4CC4)C3)ccc2c1. The van der Waals surface area contributed by atoms with Crippen LogP contribution in [0.15, 0.2) is 30.3 Å². The van der Waals surface area contributed by atoms with Crippen LogP contribution in [-0.4, -0.2) is 35.6 Å². The van der Waals surface area contributed by atoms with Crippen molar-refractivity contribution in [1.29, 1.82) is 0 Å². The van der Waals surface area contributed by atoms with E-state index in [1.54, 1.807) is 0 Å². The predicted octanol–water partition coefficient (Wildman–Crippen LogP) is 3.78. The number of rotatable bonds is 4. The second kappa shape index (κ2) is 5.47. The number of anilines is 1. The van der Waals surface area contributed by atoms with Crippen LogP contribution in [0.5, 0.6) is 0 Å². The van der Waals surface area contributed by atoms with E-state index >= 15 is 0 Å². The summed E-state index contributed by atoms with van der Waals surface area (Å²) in [6.07, 6.45) is 4.14. The number of nitrogens with one attached hydrogen (secondary N) is 1. The molecule has 2 aromatic rings. The first-order valence-corrected chi connectivity index (χ1v) is 8.20. The molecular formula is C17H20ClN3. The van der Waals surface area contributed by atoms with E-state index in [2.05, 4.69) is 21.3 Å². The lowest BCUT2D eigenvalue weighted by Crippen LogP contribution is -2.24. The molecule has 0 amide bonds. The lowest BCUT2D eigenvalue weighted by atomic mass is 10.1. The molecule has 4 heteroatoms. The lowest BCUT2D eigenvalue weighted by Gasteiger charge is -2.15. The number of aromatic nitrogens is 1. The average Bonchev–Trinajstić information content (AvgIpc) is 3.24. The molecule has 1 saturated carbocycles. The molecule has 21 heavy (non-hydrogen) atoms. The van der Waals surface area contributed by atoms with Gasteiger partial charge in [0.2, 0.25) is 0 Å². The van der Waals surface area contributed by atoms with E-state index in [0.29, 0.717) is 0 Å². The number of nitrogens with zero attached hydrogens (tertiary/aromatic N) is 2. The summed E-state index contributed by atoms with van der Waals surface area (Å²) in [4.78, 5) is 7.32. The van der Waals surface area contributed by atoms with Crippen LogP contribution in [-0.2, 0) is 0 Å². The van der Waals surface area contributed by atoms with Crippen LogP contribution < -0.4 is 5.32 Å². The van der Waals surface area contributed by atoms with Gasteiger partial charge in [-0.05, 0) is 62.1 Å². The van der Waals surface area contributed by atoms with Gasteiger partial charge in [0.25, 0.3) is 0 Å². The molecule has 3 nitrogen and oxygen atoms in total. The fourth-order valence-electron chi connectivity index (χ4n) is 3.24. The molecule has 0 bridgehead atoms. The van der Waals surface area contributed by atoms with E-state index in [0.717, 1.165) is 40.2 Å². The van der Waals surface area contributed by atoms with Crippen molar-refractivity contribution in [2.24, 2.45) is 5.92 Å². The molecule has 0 radical (unpaired) electrons. The average molecular weight is 302 g/mol. The van der Waals surface area contributed by atoms with E-state index in [1.807, 2.05) is 24.3 Å². The first-order valence-electron chi connectivity index (χ1n) is 7.82. The molecule has 1 atom stereocenters. The van der Waals surface area contributed by atoms with Gasteiger partial charge in [-0.2, -0.15) is 0 Å². The first-order chi connectivity index (χ1) is 10.3. The molecule has 1 aliphatic carbocycles. The Labute approximate surface area is 130 Å². The number of benzene rings is 1. The summed E-state index contributed by atoms with van der Waals surface area (Å²) < 4.78 is 0. The summed E-state index contributed by atoms with van der Waals surface area (Å²) in [6, 6.07) is 10.9. The molecule has 1 saturated heterocycles. The Balaban J connectivity index is 1.39. The van der Waals surface area contributed by atoms with Crippen molar-refractivity contribution >= 4 is 28.3 Å². The lowest BCUT2D eigenvalue weighted by molar-refractivity contribution is 0.316. The third-order valence-corrected chi connectivity index (χ3v) is 4.84. The van der Waals surface area contributed by atoms with Crippen LogP contribution in [0.4, 0.5) is 5.82 Å². The molecule has 2 fully saturated rings. The van der Waals surface area contributed by atoms with Gasteiger partial charge in [0.05, 0.1) is 5.52 Å². The number of pyridine rings is 1. The maximum atomic E-state index is 6.00. The number of likely N-dealkylation sites (tertiary alicyclic amines) is 1. The fraction of sp³-hybridized carbons (Fsp3) is 0.471. The van der Waals surface area contributed by atoms with Crippen LogP contribution in [0.3, 0.4) is 0 Å². The minimum atomic E-state index is 0.758. The van der Waals surface area contributed by atoms with Gasteiger partial charge in [-0.25, -0.2) is 4.98 Å². The van der Waals surface area contributed by atoms with Gasteiger partial charge in [0, 0.05) is 29.5 Å². The van der Waals surface area contributed by atoms with Crippen molar-refractivity contribution in [2.75, 3.05) is 25.0 Å². The molecule has 2 heterocycles. The van der Waals surface area contributed by atoms with Gasteiger partial charge in [0.1, 0.15) is 5.82 Å². The van der Waals surface area contributed by atoms with E-state index in [1.165, 1.54) is 32.4 Å². The minimum Gasteiger partial charge on any atom is -0.370 e. The maximum absolute atomic E-state index is 6.00. The van der Waals surface area contributed by atoms with Gasteiger partial charge >= 0.3 is 0 Å². The van der Waals surface area contributed by atoms with Gasteiger partial charge in [0.15, 0.2) is 0 Å². The molecule has 1 aromatic heterocycles. The highest BCUT2D eigenvalue weighted by molar-refractivity contribution is 6.31. The molecule has 4 rings (SSSR count). The molecule has 0 spiro atoms. The second-order valence-corrected chi connectivity index (χ2v) is 6.73. The highest BCUT2D eigenvalue weighted by Crippen LogP contribution is 2.31. The maximum Gasteiger partial charge on any atom is 0.126 e. The van der Waals surface area contributed by atoms with Crippen LogP contribution in [0, 0.1) is 5.92 Å². The topological polar surface area (TPSA) is 28.2 Å². The van der Waals surface area contributed by atoms with E-state index in [4.69, 9.17) is 11.6 Å². The van der Waals surface area contributed by atoms with E-state index < -0.39 is 0 Å². The summed E-state index contributed by atoms with van der Waals surface area (Å²) in [7, 11) is 0. The highest BCUT2D eigenvalue weighted by Gasteiger charge is 2.34. The highest BCUT2D eigenvalue weighted by atomic mass is 35.5. The summed E-state index contributed by atoms with van der Waals surface area (Å²) >= 11 is 6.00. The van der Waals surface area contributed by atoms with Crippen molar-refractivity contribution in [3.63, 3.8) is 0 Å². The number of halogens is 1. The number of hydrogen-bond acceptors (Lipinski definition) is 3. The Hall–Kier alpha value is -1.32. The fourth-order valence-corrected chi connectivity index (χ4v) is 3.42. The van der Waals surface area contributed by atoms with Crippen molar-refractivity contribution < 1.29 is 0 Å². The molecule has 1 aromatic carbocycles. The normalized spacial score (nSPS) is 22.8. The summed E-state index contributed by atoms with van der Waals surface area (Å²) in [6.45, 7) is 3.55. The summed E-state index contributed by atoms with van der Waals surface area (Å²) in [5.41, 5.74) is 0.996. The number of hydrogen-bond donors (Lipinski definition) is 1. The molecular weight excluding hydrogens is 282 g/mol. The monoisotopic (exact) mass is 301 g/mol. The quantitative estimate of drug-likeness (QED) is 0.931. The Bertz CT molecular complexity index is 654. The minimum absolute atomic E-state index is 0.758. The van der Waals surface area contributed by atoms with Crippen molar-refractivity contribution in [2.45, 2.75) is 25.3 Å². The van der Waals surface area contributed by atoms with E-state index in [9.17, 15) is 0 Å². The van der Waals surface area contributed by atoms with E-state index in [-0.39, 0.29) is 0 Å². The van der Waals surface area contributed by atoms with Crippen LogP contribution in [0.2, 0.25) is 5.02 Å². The van der Waals surface area contributed by atoms with Crippen LogP contribution in [0.1, 0.15) is 19.3 Å². The van der Waals surface area contributed by atoms with Gasteiger partial charge < -0.3 is 10.2 Å². The summed E-state index contributed by atoms with van der Waals surface area (Å²) in [5.74, 6) is 1.73. The Morgan fingerprint density at radius 1 is 1.19 bits per heavy atom. The third-order valence-electron chi connectivity index (χ3n) is 4.60. The van der Waals surface area contributed by atoms with Crippen LogP contribution in [0.25, 0.3) is 10.9 Å². The zero-order valence-corrected chi connectivity index (χ0v) is 12.8. The van der Waals surface area contributed by atoms with Crippen LogP contribution >= 0.6 is 11.6 Å². The van der Waals surface area contributed by atoms with Crippen molar-refractivity contribution in [1.82, 2.24) is 9.88 Å². The zero-order chi connectivity index (χ0) is 14.2. The number of fused-ring (bicyclic) bond motifs is 1. The molecule has 0 unspecified atom stereocenters. The standard InChI is InChI=1S/C17H20ClN3/c18-14-2-5-16-13(9-14)1-6-17(20-16)19-10-12-7-8-21(11-12)15-3-4-15/h1-2,5-6,9,12,15H,3-4,7-8,10-11H2,(H,19,20)/t12-/m0/s1. The molecule has 1 N–H and O–H groups in total. The second-order valence-electron chi connectivity index (χ2n) is 6.30.